The molecule has 1 heterocycles. The van der Waals surface area contributed by atoms with Gasteiger partial charge in [-0.3, -0.25) is 4.79 Å². The van der Waals surface area contributed by atoms with Crippen LogP contribution in [0.4, 0.5) is 16.2 Å². The standard InChI is InChI=1S/C17H25N3O3/c1-11(2)16(21)19-13-7-6-12(3)15(9-13)20-17(22)18-10-14-5-4-8-23-14/h6-7,9,11,14H,4-5,8,10H2,1-3H3,(H,19,21)(H2,18,20,22). The molecule has 3 amide bonds. The number of nitrogens with one attached hydrogen (secondary N) is 3. The van der Waals surface area contributed by atoms with Crippen LogP contribution in [-0.4, -0.2) is 31.2 Å². The van der Waals surface area contributed by atoms with Crippen LogP contribution >= 0.6 is 0 Å². The molecule has 0 aliphatic carbocycles. The first-order valence-electron chi connectivity index (χ1n) is 8.03. The molecule has 1 unspecified atom stereocenters. The molecule has 23 heavy (non-hydrogen) atoms. The van der Waals surface area contributed by atoms with Crippen LogP contribution < -0.4 is 16.0 Å². The number of ether oxygens (including phenoxy) is 1. The first-order chi connectivity index (χ1) is 11.0. The summed E-state index contributed by atoms with van der Waals surface area (Å²) in [6, 6.07) is 5.19. The maximum atomic E-state index is 12.0. The highest BCUT2D eigenvalue weighted by Crippen LogP contribution is 2.21. The Morgan fingerprint density at radius 2 is 2.09 bits per heavy atom. The largest absolute Gasteiger partial charge is 0.376 e. The summed E-state index contributed by atoms with van der Waals surface area (Å²) in [6.45, 7) is 6.85. The van der Waals surface area contributed by atoms with E-state index in [1.807, 2.05) is 32.9 Å². The van der Waals surface area contributed by atoms with E-state index < -0.39 is 0 Å². The SMILES string of the molecule is Cc1ccc(NC(=O)C(C)C)cc1NC(=O)NCC1CCCO1. The van der Waals surface area contributed by atoms with E-state index in [4.69, 9.17) is 4.74 Å². The van der Waals surface area contributed by atoms with Crippen molar-refractivity contribution in [3.8, 4) is 0 Å². The number of aryl methyl sites for hydroxylation is 1. The van der Waals surface area contributed by atoms with Crippen molar-refractivity contribution in [1.29, 1.82) is 0 Å². The fourth-order valence-corrected chi connectivity index (χ4v) is 2.30. The second-order valence-corrected chi connectivity index (χ2v) is 6.14. The van der Waals surface area contributed by atoms with Gasteiger partial charge in [0, 0.05) is 30.4 Å². The molecule has 1 fully saturated rings. The lowest BCUT2D eigenvalue weighted by Gasteiger charge is -2.14. The van der Waals surface area contributed by atoms with Gasteiger partial charge in [-0.05, 0) is 37.5 Å². The van der Waals surface area contributed by atoms with Crippen molar-refractivity contribution in [2.75, 3.05) is 23.8 Å². The van der Waals surface area contributed by atoms with Gasteiger partial charge in [0.2, 0.25) is 5.91 Å². The van der Waals surface area contributed by atoms with Gasteiger partial charge in [-0.2, -0.15) is 0 Å². The number of amides is 3. The van der Waals surface area contributed by atoms with Crippen molar-refractivity contribution in [2.24, 2.45) is 5.92 Å². The van der Waals surface area contributed by atoms with Crippen LogP contribution in [0.15, 0.2) is 18.2 Å². The number of anilines is 2. The van der Waals surface area contributed by atoms with Gasteiger partial charge in [0.25, 0.3) is 0 Å². The van der Waals surface area contributed by atoms with Crippen LogP contribution in [0.2, 0.25) is 0 Å². The van der Waals surface area contributed by atoms with Gasteiger partial charge in [-0.15, -0.1) is 0 Å². The monoisotopic (exact) mass is 319 g/mol. The number of hydrogen-bond acceptors (Lipinski definition) is 3. The Morgan fingerprint density at radius 1 is 1.30 bits per heavy atom. The fraction of sp³-hybridized carbons (Fsp3) is 0.529. The molecule has 0 bridgehead atoms. The minimum Gasteiger partial charge on any atom is -0.376 e. The topological polar surface area (TPSA) is 79.5 Å². The molecule has 1 aromatic carbocycles. The summed E-state index contributed by atoms with van der Waals surface area (Å²) in [7, 11) is 0. The molecule has 126 valence electrons. The first-order valence-corrected chi connectivity index (χ1v) is 8.03. The molecule has 3 N–H and O–H groups in total. The molecule has 0 radical (unpaired) electrons. The molecule has 2 rings (SSSR count). The Kier molecular flexibility index (Phi) is 5.98. The van der Waals surface area contributed by atoms with E-state index in [1.165, 1.54) is 0 Å². The summed E-state index contributed by atoms with van der Waals surface area (Å²) in [5.74, 6) is -0.148. The molecule has 0 spiro atoms. The van der Waals surface area contributed by atoms with Crippen LogP contribution in [-0.2, 0) is 9.53 Å². The van der Waals surface area contributed by atoms with E-state index in [-0.39, 0.29) is 24.0 Å². The second-order valence-electron chi connectivity index (χ2n) is 6.14. The van der Waals surface area contributed by atoms with Crippen LogP contribution in [0.3, 0.4) is 0 Å². The van der Waals surface area contributed by atoms with Crippen molar-refractivity contribution in [3.63, 3.8) is 0 Å². The lowest BCUT2D eigenvalue weighted by Crippen LogP contribution is -2.35. The van der Waals surface area contributed by atoms with E-state index >= 15 is 0 Å². The first kappa shape index (κ1) is 17.3. The van der Waals surface area contributed by atoms with E-state index in [2.05, 4.69) is 16.0 Å². The Morgan fingerprint density at radius 3 is 2.74 bits per heavy atom. The van der Waals surface area contributed by atoms with E-state index in [9.17, 15) is 9.59 Å². The van der Waals surface area contributed by atoms with E-state index in [1.54, 1.807) is 6.07 Å². The molecule has 1 saturated heterocycles. The molecule has 6 heteroatoms. The van der Waals surface area contributed by atoms with Crippen molar-refractivity contribution in [2.45, 2.75) is 39.7 Å². The molecule has 1 aliphatic rings. The summed E-state index contributed by atoms with van der Waals surface area (Å²) < 4.78 is 5.47. The van der Waals surface area contributed by atoms with Crippen LogP contribution in [0.25, 0.3) is 0 Å². The van der Waals surface area contributed by atoms with Crippen molar-refractivity contribution < 1.29 is 14.3 Å². The summed E-state index contributed by atoms with van der Waals surface area (Å²) >= 11 is 0. The summed E-state index contributed by atoms with van der Waals surface area (Å²) in [5, 5.41) is 8.46. The zero-order chi connectivity index (χ0) is 16.8. The molecule has 0 aromatic heterocycles. The fourth-order valence-electron chi connectivity index (χ4n) is 2.30. The summed E-state index contributed by atoms with van der Waals surface area (Å²) in [4.78, 5) is 23.8. The normalized spacial score (nSPS) is 17.1. The Bertz CT molecular complexity index is 566. The number of carbonyl (C=O) groups excluding carboxylic acids is 2. The average Bonchev–Trinajstić information content (AvgIpc) is 3.02. The van der Waals surface area contributed by atoms with Crippen molar-refractivity contribution in [3.05, 3.63) is 23.8 Å². The summed E-state index contributed by atoms with van der Waals surface area (Å²) in [6.07, 6.45) is 2.14. The third kappa shape index (κ3) is 5.25. The predicted molar refractivity (Wildman–Crippen MR) is 90.6 cm³/mol. The smallest absolute Gasteiger partial charge is 0.319 e. The Hall–Kier alpha value is -2.08. The number of hydrogen-bond donors (Lipinski definition) is 3. The number of rotatable bonds is 5. The van der Waals surface area contributed by atoms with Gasteiger partial charge in [0.1, 0.15) is 0 Å². The Balaban J connectivity index is 1.92. The molecule has 6 nitrogen and oxygen atoms in total. The maximum absolute atomic E-state index is 12.0. The Labute approximate surface area is 137 Å². The van der Waals surface area contributed by atoms with Gasteiger partial charge in [-0.25, -0.2) is 4.79 Å². The van der Waals surface area contributed by atoms with E-state index in [0.717, 1.165) is 25.0 Å². The van der Waals surface area contributed by atoms with E-state index in [0.29, 0.717) is 17.9 Å². The van der Waals surface area contributed by atoms with Gasteiger partial charge in [-0.1, -0.05) is 19.9 Å². The van der Waals surface area contributed by atoms with Crippen LogP contribution in [0, 0.1) is 12.8 Å². The van der Waals surface area contributed by atoms with Gasteiger partial charge >= 0.3 is 6.03 Å². The average molecular weight is 319 g/mol. The predicted octanol–water partition coefficient (Wildman–Crippen LogP) is 2.89. The zero-order valence-electron chi connectivity index (χ0n) is 13.9. The molecular weight excluding hydrogens is 294 g/mol. The minimum absolute atomic E-state index is 0.0531. The minimum atomic E-state index is -0.268. The highest BCUT2D eigenvalue weighted by Gasteiger charge is 2.16. The van der Waals surface area contributed by atoms with Gasteiger partial charge in [0.05, 0.1) is 6.10 Å². The molecule has 0 saturated carbocycles. The molecule has 1 atom stereocenters. The number of benzene rings is 1. The molecule has 1 aliphatic heterocycles. The quantitative estimate of drug-likeness (QED) is 0.781. The highest BCUT2D eigenvalue weighted by molar-refractivity contribution is 5.94. The molecule has 1 aromatic rings. The third-order valence-corrected chi connectivity index (χ3v) is 3.79. The lowest BCUT2D eigenvalue weighted by molar-refractivity contribution is -0.118. The van der Waals surface area contributed by atoms with Crippen LogP contribution in [0.5, 0.6) is 0 Å². The third-order valence-electron chi connectivity index (χ3n) is 3.79. The maximum Gasteiger partial charge on any atom is 0.319 e. The van der Waals surface area contributed by atoms with Gasteiger partial charge in [0.15, 0.2) is 0 Å². The van der Waals surface area contributed by atoms with Crippen molar-refractivity contribution >= 4 is 23.3 Å². The second kappa shape index (κ2) is 7.97. The van der Waals surface area contributed by atoms with Crippen LogP contribution in [0.1, 0.15) is 32.3 Å². The van der Waals surface area contributed by atoms with Gasteiger partial charge < -0.3 is 20.7 Å². The number of urea groups is 1. The number of carbonyl (C=O) groups is 2. The lowest BCUT2D eigenvalue weighted by atomic mass is 10.1. The van der Waals surface area contributed by atoms with Crippen molar-refractivity contribution in [1.82, 2.24) is 5.32 Å². The summed E-state index contributed by atoms with van der Waals surface area (Å²) in [5.41, 5.74) is 2.28. The zero-order valence-corrected chi connectivity index (χ0v) is 13.9. The highest BCUT2D eigenvalue weighted by atomic mass is 16.5. The molecular formula is C17H25N3O3.